The number of nitrogens with zero attached hydrogens (tertiary/aromatic N) is 4. The third-order valence-electron chi connectivity index (χ3n) is 2.39. The van der Waals surface area contributed by atoms with E-state index in [1.165, 1.54) is 4.68 Å². The first kappa shape index (κ1) is 12.3. The lowest BCUT2D eigenvalue weighted by atomic mass is 10.3. The van der Waals surface area contributed by atoms with Crippen LogP contribution in [0.15, 0.2) is 16.8 Å². The smallest absolute Gasteiger partial charge is 0.242 e. The van der Waals surface area contributed by atoms with Crippen LogP contribution in [0.2, 0.25) is 0 Å². The highest BCUT2D eigenvalue weighted by Crippen LogP contribution is 2.03. The van der Waals surface area contributed by atoms with Crippen LogP contribution < -0.4 is 5.32 Å². The summed E-state index contributed by atoms with van der Waals surface area (Å²) in [5, 5.41) is 14.2. The van der Waals surface area contributed by atoms with Crippen LogP contribution in [0.25, 0.3) is 0 Å². The van der Waals surface area contributed by atoms with Gasteiger partial charge in [0.05, 0.1) is 17.9 Å². The Morgan fingerprint density at radius 2 is 2.39 bits per heavy atom. The molecule has 0 aromatic carbocycles. The van der Waals surface area contributed by atoms with Gasteiger partial charge in [0, 0.05) is 12.3 Å². The number of rotatable bonds is 5. The third-order valence-corrected chi connectivity index (χ3v) is 2.39. The lowest BCUT2D eigenvalue weighted by Crippen LogP contribution is -2.27. The molecular weight excluding hydrogens is 234 g/mol. The fourth-order valence-electron chi connectivity index (χ4n) is 1.47. The Labute approximate surface area is 104 Å². The lowest BCUT2D eigenvalue weighted by Gasteiger charge is -2.01. The summed E-state index contributed by atoms with van der Waals surface area (Å²) in [7, 11) is 0. The Morgan fingerprint density at radius 3 is 3.00 bits per heavy atom. The second kappa shape index (κ2) is 5.44. The van der Waals surface area contributed by atoms with Crippen LogP contribution in [0.5, 0.6) is 0 Å². The minimum atomic E-state index is -0.144. The SMILES string of the molecule is CCc1cc(CNC(=O)Cn2cc(C)nn2)on1. The monoisotopic (exact) mass is 249 g/mol. The average Bonchev–Trinajstić information content (AvgIpc) is 2.95. The normalized spacial score (nSPS) is 10.6. The van der Waals surface area contributed by atoms with Gasteiger partial charge in [-0.1, -0.05) is 17.3 Å². The van der Waals surface area contributed by atoms with E-state index in [4.69, 9.17) is 4.52 Å². The molecule has 1 N–H and O–H groups in total. The van der Waals surface area contributed by atoms with Crippen molar-refractivity contribution in [3.05, 3.63) is 29.4 Å². The average molecular weight is 249 g/mol. The van der Waals surface area contributed by atoms with E-state index in [-0.39, 0.29) is 12.5 Å². The zero-order valence-electron chi connectivity index (χ0n) is 10.4. The summed E-state index contributed by atoms with van der Waals surface area (Å²) in [6.07, 6.45) is 2.53. The quantitative estimate of drug-likeness (QED) is 0.831. The molecule has 2 heterocycles. The molecule has 0 bridgehead atoms. The van der Waals surface area contributed by atoms with Crippen molar-refractivity contribution in [3.63, 3.8) is 0 Å². The maximum atomic E-state index is 11.6. The van der Waals surface area contributed by atoms with Gasteiger partial charge in [-0.15, -0.1) is 5.10 Å². The molecule has 0 spiro atoms. The van der Waals surface area contributed by atoms with Crippen molar-refractivity contribution in [1.29, 1.82) is 0 Å². The van der Waals surface area contributed by atoms with Crippen LogP contribution in [-0.4, -0.2) is 26.1 Å². The Kier molecular flexibility index (Phi) is 3.71. The summed E-state index contributed by atoms with van der Waals surface area (Å²) in [6, 6.07) is 1.83. The number of aromatic nitrogens is 4. The van der Waals surface area contributed by atoms with E-state index in [1.807, 2.05) is 19.9 Å². The highest BCUT2D eigenvalue weighted by molar-refractivity contribution is 5.75. The molecule has 2 aromatic rings. The third kappa shape index (κ3) is 3.16. The van der Waals surface area contributed by atoms with Crippen LogP contribution >= 0.6 is 0 Å². The number of nitrogens with one attached hydrogen (secondary N) is 1. The maximum Gasteiger partial charge on any atom is 0.242 e. The van der Waals surface area contributed by atoms with E-state index < -0.39 is 0 Å². The van der Waals surface area contributed by atoms with Gasteiger partial charge in [0.2, 0.25) is 5.91 Å². The number of hydrogen-bond donors (Lipinski definition) is 1. The number of carbonyl (C=O) groups excluding carboxylic acids is 1. The summed E-state index contributed by atoms with van der Waals surface area (Å²) >= 11 is 0. The molecule has 7 nitrogen and oxygen atoms in total. The molecule has 7 heteroatoms. The fourth-order valence-corrected chi connectivity index (χ4v) is 1.47. The molecule has 2 aromatic heterocycles. The van der Waals surface area contributed by atoms with Gasteiger partial charge < -0.3 is 9.84 Å². The second-order valence-electron chi connectivity index (χ2n) is 3.97. The van der Waals surface area contributed by atoms with Crippen molar-refractivity contribution in [2.75, 3.05) is 0 Å². The molecule has 0 aliphatic rings. The second-order valence-corrected chi connectivity index (χ2v) is 3.97. The summed E-state index contributed by atoms with van der Waals surface area (Å²) in [5.74, 6) is 0.504. The van der Waals surface area contributed by atoms with Crippen LogP contribution in [0.4, 0.5) is 0 Å². The van der Waals surface area contributed by atoms with Gasteiger partial charge in [-0.05, 0) is 13.3 Å². The van der Waals surface area contributed by atoms with Crippen molar-refractivity contribution >= 4 is 5.91 Å². The number of aryl methyl sites for hydroxylation is 2. The van der Waals surface area contributed by atoms with Crippen LogP contribution in [0, 0.1) is 6.92 Å². The molecule has 18 heavy (non-hydrogen) atoms. The summed E-state index contributed by atoms with van der Waals surface area (Å²) in [4.78, 5) is 11.6. The predicted molar refractivity (Wildman–Crippen MR) is 62.5 cm³/mol. The minimum Gasteiger partial charge on any atom is -0.359 e. The van der Waals surface area contributed by atoms with Gasteiger partial charge in [0.15, 0.2) is 5.76 Å². The van der Waals surface area contributed by atoms with Crippen LogP contribution in [0.3, 0.4) is 0 Å². The van der Waals surface area contributed by atoms with E-state index in [9.17, 15) is 4.79 Å². The maximum absolute atomic E-state index is 11.6. The molecule has 0 atom stereocenters. The van der Waals surface area contributed by atoms with Crippen molar-refractivity contribution in [2.45, 2.75) is 33.4 Å². The van der Waals surface area contributed by atoms with Crippen molar-refractivity contribution < 1.29 is 9.32 Å². The first-order chi connectivity index (χ1) is 8.67. The van der Waals surface area contributed by atoms with Crippen molar-refractivity contribution in [1.82, 2.24) is 25.5 Å². The highest BCUT2D eigenvalue weighted by atomic mass is 16.5. The molecule has 0 aliphatic carbocycles. The van der Waals surface area contributed by atoms with Crippen molar-refractivity contribution in [3.8, 4) is 0 Å². The molecular formula is C11H15N5O2. The zero-order chi connectivity index (χ0) is 13.0. The Bertz CT molecular complexity index is 531. The van der Waals surface area contributed by atoms with E-state index in [0.29, 0.717) is 12.3 Å². The fraction of sp³-hybridized carbons (Fsp3) is 0.455. The lowest BCUT2D eigenvalue weighted by molar-refractivity contribution is -0.122. The molecule has 0 aliphatic heterocycles. The first-order valence-corrected chi connectivity index (χ1v) is 5.75. The van der Waals surface area contributed by atoms with Gasteiger partial charge in [0.25, 0.3) is 0 Å². The number of amides is 1. The van der Waals surface area contributed by atoms with Crippen LogP contribution in [-0.2, 0) is 24.3 Å². The molecule has 1 amide bonds. The largest absolute Gasteiger partial charge is 0.359 e. The number of hydrogen-bond acceptors (Lipinski definition) is 5. The molecule has 0 unspecified atom stereocenters. The van der Waals surface area contributed by atoms with E-state index in [2.05, 4.69) is 20.8 Å². The molecule has 96 valence electrons. The standard InChI is InChI=1S/C11H15N5O2/c1-3-9-4-10(18-14-9)5-12-11(17)7-16-6-8(2)13-15-16/h4,6H,3,5,7H2,1-2H3,(H,12,17). The van der Waals surface area contributed by atoms with Crippen LogP contribution in [0.1, 0.15) is 24.1 Å². The molecule has 2 rings (SSSR count). The highest BCUT2D eigenvalue weighted by Gasteiger charge is 2.07. The van der Waals surface area contributed by atoms with Gasteiger partial charge in [-0.25, -0.2) is 4.68 Å². The molecule has 0 saturated heterocycles. The summed E-state index contributed by atoms with van der Waals surface area (Å²) in [5.41, 5.74) is 1.66. The molecule has 0 saturated carbocycles. The van der Waals surface area contributed by atoms with Gasteiger partial charge in [0.1, 0.15) is 6.54 Å². The van der Waals surface area contributed by atoms with E-state index >= 15 is 0 Å². The van der Waals surface area contributed by atoms with Gasteiger partial charge in [-0.3, -0.25) is 4.79 Å². The summed E-state index contributed by atoms with van der Waals surface area (Å²) < 4.78 is 6.55. The number of carbonyl (C=O) groups is 1. The predicted octanol–water partition coefficient (Wildman–Crippen LogP) is 0.453. The van der Waals surface area contributed by atoms with Gasteiger partial charge >= 0.3 is 0 Å². The van der Waals surface area contributed by atoms with E-state index in [0.717, 1.165) is 17.8 Å². The van der Waals surface area contributed by atoms with Gasteiger partial charge in [-0.2, -0.15) is 0 Å². The molecule has 0 radical (unpaired) electrons. The first-order valence-electron chi connectivity index (χ1n) is 5.75. The molecule has 0 fully saturated rings. The minimum absolute atomic E-state index is 0.144. The zero-order valence-corrected chi connectivity index (χ0v) is 10.4. The summed E-state index contributed by atoms with van der Waals surface area (Å²) in [6.45, 7) is 4.30. The van der Waals surface area contributed by atoms with E-state index in [1.54, 1.807) is 6.20 Å². The Hall–Kier alpha value is -2.18. The Morgan fingerprint density at radius 1 is 1.56 bits per heavy atom. The van der Waals surface area contributed by atoms with Crippen molar-refractivity contribution in [2.24, 2.45) is 0 Å². The Balaban J connectivity index is 1.81. The topological polar surface area (TPSA) is 85.8 Å².